The van der Waals surface area contributed by atoms with Crippen LogP contribution in [0.3, 0.4) is 0 Å². The van der Waals surface area contributed by atoms with Gasteiger partial charge in [-0.2, -0.15) is 0 Å². The summed E-state index contributed by atoms with van der Waals surface area (Å²) < 4.78 is 0. The molecule has 0 amide bonds. The molecule has 0 atom stereocenters. The maximum absolute atomic E-state index is 2.27. The number of aryl methyl sites for hydroxylation is 2. The van der Waals surface area contributed by atoms with E-state index in [4.69, 9.17) is 0 Å². The Kier molecular flexibility index (Phi) is 2.58. The van der Waals surface area contributed by atoms with Crippen LogP contribution >= 0.6 is 22.7 Å². The number of hydrogen-bond donors (Lipinski definition) is 0. The van der Waals surface area contributed by atoms with Crippen LogP contribution < -0.4 is 0 Å². The van der Waals surface area contributed by atoms with E-state index in [2.05, 4.69) is 41.5 Å². The van der Waals surface area contributed by atoms with Gasteiger partial charge < -0.3 is 0 Å². The smallest absolute Gasteiger partial charge is 0.0533 e. The number of hydrogen-bond acceptors (Lipinski definition) is 2. The lowest BCUT2D eigenvalue weighted by Crippen LogP contribution is -1.89. The Labute approximate surface area is 117 Å². The summed E-state index contributed by atoms with van der Waals surface area (Å²) in [5, 5.41) is 0. The Morgan fingerprint density at radius 1 is 0.722 bits per heavy atom. The summed E-state index contributed by atoms with van der Waals surface area (Å²) in [7, 11) is 0. The minimum absolute atomic E-state index is 1.44. The molecule has 94 valence electrons. The van der Waals surface area contributed by atoms with E-state index in [1.165, 1.54) is 52.9 Å². The van der Waals surface area contributed by atoms with Crippen molar-refractivity contribution >= 4 is 28.2 Å². The molecular weight excluding hydrogens is 256 g/mol. The van der Waals surface area contributed by atoms with Gasteiger partial charge in [0.25, 0.3) is 0 Å². The molecule has 0 nitrogen and oxygen atoms in total. The van der Waals surface area contributed by atoms with Crippen molar-refractivity contribution in [2.24, 2.45) is 0 Å². The van der Waals surface area contributed by atoms with Crippen LogP contribution in [0.25, 0.3) is 15.3 Å². The topological polar surface area (TPSA) is 0 Å². The fourth-order valence-corrected chi connectivity index (χ4v) is 5.28. The summed E-state index contributed by atoms with van der Waals surface area (Å²) in [6.45, 7) is 13.5. The van der Waals surface area contributed by atoms with Gasteiger partial charge in [-0.3, -0.25) is 0 Å². The van der Waals surface area contributed by atoms with Gasteiger partial charge in [0.15, 0.2) is 0 Å². The zero-order valence-electron chi connectivity index (χ0n) is 11.8. The Morgan fingerprint density at radius 2 is 1.11 bits per heavy atom. The standard InChI is InChI=1S/C16H18S2/c1-7(2)12-13-8(3)10(5)17-15(13)16-14(12)9(4)11(6)18-16/h1-6H3. The lowest BCUT2D eigenvalue weighted by molar-refractivity contribution is 1.34. The van der Waals surface area contributed by atoms with Crippen molar-refractivity contribution in [3.8, 4) is 9.75 Å². The molecule has 0 saturated heterocycles. The zero-order valence-corrected chi connectivity index (χ0v) is 13.4. The van der Waals surface area contributed by atoms with Crippen LogP contribution in [-0.2, 0) is 0 Å². The summed E-state index contributed by atoms with van der Waals surface area (Å²) in [4.78, 5) is 5.95. The predicted octanol–water partition coefficient (Wildman–Crippen LogP) is 5.87. The third-order valence-electron chi connectivity index (χ3n) is 3.98. The van der Waals surface area contributed by atoms with Crippen LogP contribution in [0.15, 0.2) is 5.57 Å². The molecule has 0 saturated carbocycles. The number of fused-ring (bicyclic) bond motifs is 3. The van der Waals surface area contributed by atoms with E-state index in [0.717, 1.165) is 0 Å². The van der Waals surface area contributed by atoms with Crippen molar-refractivity contribution < 1.29 is 0 Å². The van der Waals surface area contributed by atoms with Crippen molar-refractivity contribution in [1.82, 2.24) is 0 Å². The minimum Gasteiger partial charge on any atom is -0.139 e. The van der Waals surface area contributed by atoms with Gasteiger partial charge in [-0.1, -0.05) is 5.57 Å². The van der Waals surface area contributed by atoms with Gasteiger partial charge in [0.2, 0.25) is 0 Å². The molecule has 2 heterocycles. The quantitative estimate of drug-likeness (QED) is 0.481. The average Bonchev–Trinajstić information content (AvgIpc) is 2.85. The zero-order chi connectivity index (χ0) is 13.2. The lowest BCUT2D eigenvalue weighted by Gasteiger charge is -2.07. The summed E-state index contributed by atoms with van der Waals surface area (Å²) in [5.74, 6) is 0. The number of thiophene rings is 2. The molecule has 0 radical (unpaired) electrons. The molecule has 3 rings (SSSR count). The second kappa shape index (κ2) is 3.82. The first-order valence-corrected chi connectivity index (χ1v) is 7.95. The third kappa shape index (κ3) is 1.36. The highest BCUT2D eigenvalue weighted by Crippen LogP contribution is 2.56. The Morgan fingerprint density at radius 3 is 1.44 bits per heavy atom. The van der Waals surface area contributed by atoms with Crippen molar-refractivity contribution in [3.63, 3.8) is 0 Å². The van der Waals surface area contributed by atoms with Crippen LogP contribution in [0.2, 0.25) is 0 Å². The molecule has 0 bridgehead atoms. The maximum Gasteiger partial charge on any atom is 0.0533 e. The molecule has 0 N–H and O–H groups in total. The molecule has 0 aliphatic heterocycles. The van der Waals surface area contributed by atoms with Crippen molar-refractivity contribution in [3.05, 3.63) is 37.6 Å². The van der Waals surface area contributed by atoms with E-state index in [9.17, 15) is 0 Å². The SMILES string of the molecule is CC(C)=C1c2c(sc(C)c2C)-c2sc(C)c(C)c21. The molecule has 0 unspecified atom stereocenters. The number of allylic oxidation sites excluding steroid dienone is 1. The van der Waals surface area contributed by atoms with Crippen LogP contribution in [0.4, 0.5) is 0 Å². The molecule has 2 heteroatoms. The van der Waals surface area contributed by atoms with E-state index in [0.29, 0.717) is 0 Å². The average molecular weight is 274 g/mol. The minimum atomic E-state index is 1.44. The first-order valence-electron chi connectivity index (χ1n) is 6.32. The van der Waals surface area contributed by atoms with E-state index in [-0.39, 0.29) is 0 Å². The molecule has 2 aromatic heterocycles. The molecule has 1 aliphatic rings. The van der Waals surface area contributed by atoms with Crippen LogP contribution in [-0.4, -0.2) is 0 Å². The molecule has 18 heavy (non-hydrogen) atoms. The normalized spacial score (nSPS) is 12.9. The van der Waals surface area contributed by atoms with Gasteiger partial charge in [0.05, 0.1) is 9.75 Å². The molecule has 0 spiro atoms. The summed E-state index contributed by atoms with van der Waals surface area (Å²) in [5.41, 5.74) is 8.93. The maximum atomic E-state index is 2.27. The van der Waals surface area contributed by atoms with E-state index < -0.39 is 0 Å². The molecule has 2 aromatic rings. The van der Waals surface area contributed by atoms with Gasteiger partial charge in [-0.15, -0.1) is 22.7 Å². The predicted molar refractivity (Wildman–Crippen MR) is 84.0 cm³/mol. The van der Waals surface area contributed by atoms with E-state index in [1.807, 2.05) is 22.7 Å². The molecule has 0 fully saturated rings. The van der Waals surface area contributed by atoms with Crippen LogP contribution in [0.1, 0.15) is 45.9 Å². The van der Waals surface area contributed by atoms with Gasteiger partial charge in [-0.05, 0) is 58.2 Å². The largest absolute Gasteiger partial charge is 0.139 e. The molecule has 1 aliphatic carbocycles. The summed E-state index contributed by atoms with van der Waals surface area (Å²) in [6, 6.07) is 0. The van der Waals surface area contributed by atoms with Gasteiger partial charge >= 0.3 is 0 Å². The fourth-order valence-electron chi connectivity index (χ4n) is 2.80. The van der Waals surface area contributed by atoms with E-state index >= 15 is 0 Å². The van der Waals surface area contributed by atoms with Crippen molar-refractivity contribution in [2.45, 2.75) is 41.5 Å². The second-order valence-corrected chi connectivity index (χ2v) is 7.80. The van der Waals surface area contributed by atoms with Crippen molar-refractivity contribution in [1.29, 1.82) is 0 Å². The van der Waals surface area contributed by atoms with Gasteiger partial charge in [-0.25, -0.2) is 0 Å². The highest BCUT2D eigenvalue weighted by Gasteiger charge is 2.32. The Hall–Kier alpha value is -0.860. The highest BCUT2D eigenvalue weighted by molar-refractivity contribution is 7.23. The van der Waals surface area contributed by atoms with Crippen LogP contribution in [0.5, 0.6) is 0 Å². The fraction of sp³-hybridized carbons (Fsp3) is 0.375. The molecular formula is C16H18S2. The second-order valence-electron chi connectivity index (χ2n) is 5.35. The molecule has 0 aromatic carbocycles. The van der Waals surface area contributed by atoms with E-state index in [1.54, 1.807) is 0 Å². The summed E-state index contributed by atoms with van der Waals surface area (Å²) in [6.07, 6.45) is 0. The van der Waals surface area contributed by atoms with Crippen LogP contribution in [0, 0.1) is 27.7 Å². The van der Waals surface area contributed by atoms with Gasteiger partial charge in [0, 0.05) is 20.9 Å². The third-order valence-corrected chi connectivity index (χ3v) is 6.56. The first-order chi connectivity index (χ1) is 8.43. The first kappa shape index (κ1) is 12.2. The van der Waals surface area contributed by atoms with Gasteiger partial charge in [0.1, 0.15) is 0 Å². The monoisotopic (exact) mass is 274 g/mol. The highest BCUT2D eigenvalue weighted by atomic mass is 32.1. The van der Waals surface area contributed by atoms with Crippen molar-refractivity contribution in [2.75, 3.05) is 0 Å². The Balaban J connectivity index is 2.48. The summed E-state index contributed by atoms with van der Waals surface area (Å²) >= 11 is 3.93. The Bertz CT molecular complexity index is 635. The number of rotatable bonds is 0. The lowest BCUT2D eigenvalue weighted by atomic mass is 9.96.